The number of rotatable bonds is 6. The second kappa shape index (κ2) is 14.0. The molecule has 0 bridgehead atoms. The van der Waals surface area contributed by atoms with E-state index in [1.54, 1.807) is 12.1 Å². The Balaban J connectivity index is 0.000000340. The SMILES string of the molecule is Cc1ccc(C)c(C)c1C.N[C@H](c1ccccc1)[C@H](NS(=O)(=O)c1ccc2ccccc2c1)c1ccccc1.[Ru]. The van der Waals surface area contributed by atoms with Crippen LogP contribution in [0.25, 0.3) is 10.8 Å². The van der Waals surface area contributed by atoms with Gasteiger partial charge in [-0.3, -0.25) is 0 Å². The van der Waals surface area contributed by atoms with Crippen LogP contribution < -0.4 is 10.5 Å². The molecule has 0 aliphatic heterocycles. The van der Waals surface area contributed by atoms with E-state index in [9.17, 15) is 8.42 Å². The van der Waals surface area contributed by atoms with Gasteiger partial charge in [-0.25, -0.2) is 13.1 Å². The smallest absolute Gasteiger partial charge is 0.241 e. The molecule has 0 aliphatic rings. The van der Waals surface area contributed by atoms with Crippen LogP contribution >= 0.6 is 0 Å². The largest absolute Gasteiger partial charge is 0.322 e. The zero-order valence-corrected chi connectivity index (χ0v) is 25.8. The molecule has 0 spiro atoms. The summed E-state index contributed by atoms with van der Waals surface area (Å²) in [7, 11) is -3.78. The van der Waals surface area contributed by atoms with Gasteiger partial charge in [-0.1, -0.05) is 103 Å². The molecule has 0 heterocycles. The Labute approximate surface area is 251 Å². The molecule has 0 aliphatic carbocycles. The predicted molar refractivity (Wildman–Crippen MR) is 162 cm³/mol. The third kappa shape index (κ3) is 7.53. The van der Waals surface area contributed by atoms with Crippen molar-refractivity contribution in [2.24, 2.45) is 5.73 Å². The van der Waals surface area contributed by atoms with Crippen molar-refractivity contribution in [3.63, 3.8) is 0 Å². The molecule has 0 saturated heterocycles. The summed E-state index contributed by atoms with van der Waals surface area (Å²) in [5.74, 6) is 0. The molecular weight excluding hydrogens is 602 g/mol. The average Bonchev–Trinajstić information content (AvgIpc) is 2.97. The molecule has 0 amide bonds. The molecule has 3 N–H and O–H groups in total. The zero-order valence-electron chi connectivity index (χ0n) is 23.3. The van der Waals surface area contributed by atoms with Crippen LogP contribution in [0.5, 0.6) is 0 Å². The van der Waals surface area contributed by atoms with E-state index < -0.39 is 22.1 Å². The van der Waals surface area contributed by atoms with Crippen LogP contribution in [0.2, 0.25) is 0 Å². The first-order valence-electron chi connectivity index (χ1n) is 13.1. The monoisotopic (exact) mass is 638 g/mol. The van der Waals surface area contributed by atoms with Gasteiger partial charge < -0.3 is 5.73 Å². The number of benzene rings is 5. The Morgan fingerprint density at radius 2 is 1.07 bits per heavy atom. The average molecular weight is 638 g/mol. The van der Waals surface area contributed by atoms with Gasteiger partial charge >= 0.3 is 0 Å². The first-order valence-corrected chi connectivity index (χ1v) is 14.6. The molecule has 4 nitrogen and oxygen atoms in total. The number of fused-ring (bicyclic) bond motifs is 1. The van der Waals surface area contributed by atoms with Crippen molar-refractivity contribution in [3.8, 4) is 0 Å². The van der Waals surface area contributed by atoms with Gasteiger partial charge in [-0.05, 0) is 84.0 Å². The molecule has 2 atom stereocenters. The Kier molecular flexibility index (Phi) is 11.0. The number of nitrogens with one attached hydrogen (secondary N) is 1. The van der Waals surface area contributed by atoms with Crippen LogP contribution in [0.1, 0.15) is 45.5 Å². The third-order valence-electron chi connectivity index (χ3n) is 7.34. The molecular formula is C34H36N2O2RuS. The second-order valence-corrected chi connectivity index (χ2v) is 11.6. The van der Waals surface area contributed by atoms with Crippen LogP contribution in [0, 0.1) is 27.7 Å². The van der Waals surface area contributed by atoms with Crippen molar-refractivity contribution < 1.29 is 27.9 Å². The molecule has 6 heteroatoms. The van der Waals surface area contributed by atoms with E-state index in [4.69, 9.17) is 5.73 Å². The molecule has 5 rings (SSSR count). The summed E-state index contributed by atoms with van der Waals surface area (Å²) in [6.45, 7) is 8.67. The van der Waals surface area contributed by atoms with Gasteiger partial charge in [0.2, 0.25) is 10.0 Å². The van der Waals surface area contributed by atoms with Gasteiger partial charge in [0.05, 0.1) is 17.0 Å². The maximum absolute atomic E-state index is 13.2. The van der Waals surface area contributed by atoms with E-state index in [-0.39, 0.29) is 24.4 Å². The fraction of sp³-hybridized carbons (Fsp3) is 0.176. The van der Waals surface area contributed by atoms with Crippen molar-refractivity contribution in [2.75, 3.05) is 0 Å². The Morgan fingerprint density at radius 1 is 0.600 bits per heavy atom. The molecule has 0 unspecified atom stereocenters. The van der Waals surface area contributed by atoms with Crippen LogP contribution in [-0.2, 0) is 29.5 Å². The van der Waals surface area contributed by atoms with Crippen LogP contribution in [-0.4, -0.2) is 8.42 Å². The molecule has 0 aromatic heterocycles. The predicted octanol–water partition coefficient (Wildman–Crippen LogP) is 7.48. The maximum Gasteiger partial charge on any atom is 0.241 e. The Morgan fingerprint density at radius 3 is 1.62 bits per heavy atom. The Bertz CT molecular complexity index is 1630. The molecule has 208 valence electrons. The quantitative estimate of drug-likeness (QED) is 0.190. The standard InChI is InChI=1S/C24H22N2O2S.C10H14.Ru/c25-23(19-10-3-1-4-11-19)24(20-12-5-2-6-13-20)26-29(27,28)22-16-15-18-9-7-8-14-21(18)17-22;1-7-5-6-8(2)10(4)9(7)3;/h1-17,23-24,26H,25H2;5-6H,1-4H3;/t23-,24-;;/m1../s1. The van der Waals surface area contributed by atoms with Crippen molar-refractivity contribution in [3.05, 3.63) is 149 Å². The van der Waals surface area contributed by atoms with Gasteiger partial charge in [0.1, 0.15) is 0 Å². The van der Waals surface area contributed by atoms with Gasteiger partial charge in [0.15, 0.2) is 0 Å². The molecule has 40 heavy (non-hydrogen) atoms. The fourth-order valence-electron chi connectivity index (χ4n) is 4.54. The normalized spacial score (nSPS) is 12.5. The number of sulfonamides is 1. The summed E-state index contributed by atoms with van der Waals surface area (Å²) >= 11 is 0. The van der Waals surface area contributed by atoms with Crippen LogP contribution in [0.4, 0.5) is 0 Å². The van der Waals surface area contributed by atoms with E-state index in [2.05, 4.69) is 44.5 Å². The van der Waals surface area contributed by atoms with E-state index >= 15 is 0 Å². The number of hydrogen-bond acceptors (Lipinski definition) is 3. The number of aryl methyl sites for hydroxylation is 2. The fourth-order valence-corrected chi connectivity index (χ4v) is 5.82. The molecule has 5 aromatic carbocycles. The van der Waals surface area contributed by atoms with Crippen molar-refractivity contribution >= 4 is 20.8 Å². The van der Waals surface area contributed by atoms with E-state index in [0.29, 0.717) is 0 Å². The van der Waals surface area contributed by atoms with Crippen molar-refractivity contribution in [1.29, 1.82) is 0 Å². The minimum atomic E-state index is -3.78. The van der Waals surface area contributed by atoms with Gasteiger partial charge in [0.25, 0.3) is 0 Å². The summed E-state index contributed by atoms with van der Waals surface area (Å²) in [6.07, 6.45) is 0. The molecule has 0 saturated carbocycles. The van der Waals surface area contributed by atoms with E-state index in [1.807, 2.05) is 91.0 Å². The second-order valence-electron chi connectivity index (χ2n) is 9.90. The summed E-state index contributed by atoms with van der Waals surface area (Å²) in [4.78, 5) is 0.220. The number of hydrogen-bond donors (Lipinski definition) is 2. The van der Waals surface area contributed by atoms with Crippen LogP contribution in [0.15, 0.2) is 120 Å². The molecule has 0 fully saturated rings. The summed E-state index contributed by atoms with van der Waals surface area (Å²) < 4.78 is 29.3. The Hall–Kier alpha value is -3.15. The van der Waals surface area contributed by atoms with Crippen molar-refractivity contribution in [1.82, 2.24) is 4.72 Å². The maximum atomic E-state index is 13.2. The third-order valence-corrected chi connectivity index (χ3v) is 8.78. The summed E-state index contributed by atoms with van der Waals surface area (Å²) in [5, 5.41) is 1.87. The first-order chi connectivity index (χ1) is 18.7. The van der Waals surface area contributed by atoms with Gasteiger partial charge in [-0.15, -0.1) is 0 Å². The summed E-state index contributed by atoms with van der Waals surface area (Å²) in [5.41, 5.74) is 13.8. The van der Waals surface area contributed by atoms with E-state index in [1.165, 1.54) is 22.3 Å². The first kappa shape index (κ1) is 31.4. The molecule has 0 radical (unpaired) electrons. The minimum Gasteiger partial charge on any atom is -0.322 e. The summed E-state index contributed by atoms with van der Waals surface area (Å²) in [6, 6.07) is 35.0. The van der Waals surface area contributed by atoms with E-state index in [0.717, 1.165) is 21.9 Å². The topological polar surface area (TPSA) is 72.2 Å². The van der Waals surface area contributed by atoms with Gasteiger partial charge in [-0.2, -0.15) is 0 Å². The van der Waals surface area contributed by atoms with Crippen molar-refractivity contribution in [2.45, 2.75) is 44.7 Å². The van der Waals surface area contributed by atoms with Crippen LogP contribution in [0.3, 0.4) is 0 Å². The molecule has 5 aromatic rings. The zero-order chi connectivity index (χ0) is 28.0. The van der Waals surface area contributed by atoms with Gasteiger partial charge in [0, 0.05) is 19.5 Å². The minimum absolute atomic E-state index is 0. The number of nitrogens with two attached hydrogens (primary N) is 1.